The molecule has 1 aliphatic heterocycles. The number of benzene rings is 1. The summed E-state index contributed by atoms with van der Waals surface area (Å²) in [7, 11) is 0. The molecule has 1 saturated heterocycles. The summed E-state index contributed by atoms with van der Waals surface area (Å²) in [5.74, 6) is 0.619. The highest BCUT2D eigenvalue weighted by molar-refractivity contribution is 5.83. The Morgan fingerprint density at radius 3 is 2.26 bits per heavy atom. The maximum absolute atomic E-state index is 12.2. The summed E-state index contributed by atoms with van der Waals surface area (Å²) < 4.78 is 0. The normalized spacial score (nSPS) is 18.4. The summed E-state index contributed by atoms with van der Waals surface area (Å²) in [6, 6.07) is 7.69. The molecule has 2 N–H and O–H groups in total. The third-order valence-corrected chi connectivity index (χ3v) is 4.16. The third kappa shape index (κ3) is 3.16. The zero-order chi connectivity index (χ0) is 13.8. The molecular weight excluding hydrogens is 236 g/mol. The molecule has 3 heteroatoms. The van der Waals surface area contributed by atoms with Crippen LogP contribution >= 0.6 is 0 Å². The van der Waals surface area contributed by atoms with E-state index in [9.17, 15) is 4.79 Å². The Kier molecular flexibility index (Phi) is 4.59. The predicted octanol–water partition coefficient (Wildman–Crippen LogP) is 2.82. The minimum Gasteiger partial charge on any atom is -0.341 e. The fraction of sp³-hybridized carbons (Fsp3) is 0.562. The first-order chi connectivity index (χ1) is 9.13. The number of hydrogen-bond donors (Lipinski definition) is 1. The first-order valence-electron chi connectivity index (χ1n) is 7.27. The van der Waals surface area contributed by atoms with Crippen LogP contribution < -0.4 is 5.73 Å². The van der Waals surface area contributed by atoms with Crippen LogP contribution in [0.25, 0.3) is 0 Å². The van der Waals surface area contributed by atoms with Crippen molar-refractivity contribution in [3.63, 3.8) is 0 Å². The molecular formula is C16H24N2O. The summed E-state index contributed by atoms with van der Waals surface area (Å²) >= 11 is 0. The first kappa shape index (κ1) is 14.1. The fourth-order valence-electron chi connectivity index (χ4n) is 2.54. The molecule has 1 aromatic rings. The van der Waals surface area contributed by atoms with Gasteiger partial charge in [0.25, 0.3) is 0 Å². The van der Waals surface area contributed by atoms with Gasteiger partial charge in [0.2, 0.25) is 5.91 Å². The zero-order valence-electron chi connectivity index (χ0n) is 11.9. The standard InChI is InChI=1S/C16H24N2O/c1-3-12(2)13-6-8-14(9-7-13)15(17)16(19)18-10-4-5-11-18/h6-9,12,15H,3-5,10-11,17H2,1-2H3. The van der Waals surface area contributed by atoms with Crippen molar-refractivity contribution >= 4 is 5.91 Å². The minimum absolute atomic E-state index is 0.0637. The second kappa shape index (κ2) is 6.20. The average molecular weight is 260 g/mol. The van der Waals surface area contributed by atoms with E-state index in [1.807, 2.05) is 17.0 Å². The largest absolute Gasteiger partial charge is 0.341 e. The SMILES string of the molecule is CCC(C)c1ccc(C(N)C(=O)N2CCCC2)cc1. The number of nitrogens with two attached hydrogens (primary N) is 1. The number of carbonyl (C=O) groups is 1. The van der Waals surface area contributed by atoms with Gasteiger partial charge in [0.05, 0.1) is 0 Å². The summed E-state index contributed by atoms with van der Waals surface area (Å²) in [5, 5.41) is 0. The number of hydrogen-bond acceptors (Lipinski definition) is 2. The number of nitrogens with zero attached hydrogens (tertiary/aromatic N) is 1. The smallest absolute Gasteiger partial charge is 0.244 e. The molecule has 1 aromatic carbocycles. The molecule has 0 saturated carbocycles. The van der Waals surface area contributed by atoms with E-state index in [0.717, 1.165) is 37.9 Å². The minimum atomic E-state index is -0.510. The summed E-state index contributed by atoms with van der Waals surface area (Å²) in [4.78, 5) is 14.1. The van der Waals surface area contributed by atoms with E-state index < -0.39 is 6.04 Å². The van der Waals surface area contributed by atoms with Crippen molar-refractivity contribution in [2.45, 2.75) is 45.1 Å². The molecule has 1 amide bonds. The molecule has 1 aliphatic rings. The Labute approximate surface area is 115 Å². The molecule has 0 aliphatic carbocycles. The maximum atomic E-state index is 12.2. The number of amides is 1. The van der Waals surface area contributed by atoms with Gasteiger partial charge in [0.15, 0.2) is 0 Å². The van der Waals surface area contributed by atoms with E-state index >= 15 is 0 Å². The molecule has 19 heavy (non-hydrogen) atoms. The molecule has 2 unspecified atom stereocenters. The van der Waals surface area contributed by atoms with Crippen molar-refractivity contribution in [3.05, 3.63) is 35.4 Å². The van der Waals surface area contributed by atoms with Crippen molar-refractivity contribution in [2.24, 2.45) is 5.73 Å². The van der Waals surface area contributed by atoms with Gasteiger partial charge < -0.3 is 10.6 Å². The second-order valence-electron chi connectivity index (χ2n) is 5.49. The highest BCUT2D eigenvalue weighted by Gasteiger charge is 2.24. The predicted molar refractivity (Wildman–Crippen MR) is 77.9 cm³/mol. The molecule has 2 rings (SSSR count). The van der Waals surface area contributed by atoms with E-state index in [4.69, 9.17) is 5.73 Å². The van der Waals surface area contributed by atoms with Gasteiger partial charge in [0, 0.05) is 13.1 Å². The lowest BCUT2D eigenvalue weighted by atomic mass is 9.96. The van der Waals surface area contributed by atoms with Gasteiger partial charge in [-0.3, -0.25) is 4.79 Å². The second-order valence-corrected chi connectivity index (χ2v) is 5.49. The van der Waals surface area contributed by atoms with Crippen molar-refractivity contribution in [2.75, 3.05) is 13.1 Å². The van der Waals surface area contributed by atoms with E-state index in [1.54, 1.807) is 0 Å². The Morgan fingerprint density at radius 2 is 1.74 bits per heavy atom. The summed E-state index contributed by atoms with van der Waals surface area (Å²) in [6.45, 7) is 6.11. The molecule has 1 heterocycles. The molecule has 0 radical (unpaired) electrons. The van der Waals surface area contributed by atoms with E-state index in [-0.39, 0.29) is 5.91 Å². The summed E-state index contributed by atoms with van der Waals surface area (Å²) in [5.41, 5.74) is 8.32. The van der Waals surface area contributed by atoms with Crippen LogP contribution in [0, 0.1) is 0 Å². The molecule has 104 valence electrons. The Balaban J connectivity index is 2.06. The topological polar surface area (TPSA) is 46.3 Å². The van der Waals surface area contributed by atoms with Crippen molar-refractivity contribution in [1.29, 1.82) is 0 Å². The van der Waals surface area contributed by atoms with Gasteiger partial charge in [-0.2, -0.15) is 0 Å². The maximum Gasteiger partial charge on any atom is 0.244 e. The quantitative estimate of drug-likeness (QED) is 0.905. The Morgan fingerprint density at radius 1 is 1.21 bits per heavy atom. The molecule has 2 atom stereocenters. The van der Waals surface area contributed by atoms with Gasteiger partial charge in [-0.05, 0) is 36.3 Å². The lowest BCUT2D eigenvalue weighted by molar-refractivity contribution is -0.131. The molecule has 0 aromatic heterocycles. The van der Waals surface area contributed by atoms with Gasteiger partial charge >= 0.3 is 0 Å². The van der Waals surface area contributed by atoms with Crippen LogP contribution in [-0.2, 0) is 4.79 Å². The van der Waals surface area contributed by atoms with Crippen molar-refractivity contribution in [1.82, 2.24) is 4.90 Å². The number of carbonyl (C=O) groups excluding carboxylic acids is 1. The van der Waals surface area contributed by atoms with Crippen LogP contribution in [0.1, 0.15) is 56.2 Å². The monoisotopic (exact) mass is 260 g/mol. The number of rotatable bonds is 4. The van der Waals surface area contributed by atoms with Gasteiger partial charge in [-0.15, -0.1) is 0 Å². The number of likely N-dealkylation sites (tertiary alicyclic amines) is 1. The van der Waals surface area contributed by atoms with Crippen LogP contribution in [0.4, 0.5) is 0 Å². The lowest BCUT2D eigenvalue weighted by Crippen LogP contribution is -2.36. The van der Waals surface area contributed by atoms with Crippen LogP contribution in [0.2, 0.25) is 0 Å². The van der Waals surface area contributed by atoms with Crippen LogP contribution in [-0.4, -0.2) is 23.9 Å². The molecule has 0 bridgehead atoms. The molecule has 3 nitrogen and oxygen atoms in total. The summed E-state index contributed by atoms with van der Waals surface area (Å²) in [6.07, 6.45) is 3.33. The van der Waals surface area contributed by atoms with Crippen LogP contribution in [0.3, 0.4) is 0 Å². The zero-order valence-corrected chi connectivity index (χ0v) is 11.9. The van der Waals surface area contributed by atoms with Gasteiger partial charge in [-0.1, -0.05) is 38.1 Å². The van der Waals surface area contributed by atoms with Gasteiger partial charge in [-0.25, -0.2) is 0 Å². The van der Waals surface area contributed by atoms with Crippen LogP contribution in [0.5, 0.6) is 0 Å². The van der Waals surface area contributed by atoms with E-state index in [0.29, 0.717) is 5.92 Å². The van der Waals surface area contributed by atoms with Crippen molar-refractivity contribution < 1.29 is 4.79 Å². The average Bonchev–Trinajstić information content (AvgIpc) is 2.99. The van der Waals surface area contributed by atoms with E-state index in [2.05, 4.69) is 26.0 Å². The lowest BCUT2D eigenvalue weighted by Gasteiger charge is -2.21. The molecule has 1 fully saturated rings. The highest BCUT2D eigenvalue weighted by atomic mass is 16.2. The highest BCUT2D eigenvalue weighted by Crippen LogP contribution is 2.22. The van der Waals surface area contributed by atoms with Crippen molar-refractivity contribution in [3.8, 4) is 0 Å². The first-order valence-corrected chi connectivity index (χ1v) is 7.27. The Hall–Kier alpha value is -1.35. The van der Waals surface area contributed by atoms with E-state index in [1.165, 1.54) is 5.56 Å². The van der Waals surface area contributed by atoms with Gasteiger partial charge in [0.1, 0.15) is 6.04 Å². The van der Waals surface area contributed by atoms with Crippen LogP contribution in [0.15, 0.2) is 24.3 Å². The fourth-order valence-corrected chi connectivity index (χ4v) is 2.54. The Bertz CT molecular complexity index is 421. The third-order valence-electron chi connectivity index (χ3n) is 4.16. The molecule has 0 spiro atoms.